The van der Waals surface area contributed by atoms with Crippen LogP contribution in [0.15, 0.2) is 0 Å². The number of amides is 1. The van der Waals surface area contributed by atoms with E-state index in [9.17, 15) is 19.6 Å². The molecule has 0 rings (SSSR count). The molecule has 0 aliphatic carbocycles. The van der Waals surface area contributed by atoms with E-state index in [-0.39, 0.29) is 11.5 Å². The summed E-state index contributed by atoms with van der Waals surface area (Å²) in [5, 5.41) is 26.4. The summed E-state index contributed by atoms with van der Waals surface area (Å²) in [5.41, 5.74) is 4.82. The third kappa shape index (κ3) is 4.68. The Morgan fingerprint density at radius 2 is 1.78 bits per heavy atom. The number of nitrogens with two attached hydrogens (primary N) is 1. The van der Waals surface area contributed by atoms with Crippen LogP contribution in [0.2, 0.25) is 0 Å². The largest absolute Gasteiger partial charge is 0.480 e. The Hall–Kier alpha value is -1.67. The molecule has 0 heterocycles. The van der Waals surface area contributed by atoms with Crippen molar-refractivity contribution in [2.45, 2.75) is 32.7 Å². The second kappa shape index (κ2) is 6.31. The average Bonchev–Trinajstić information content (AvgIpc) is 2.23. The van der Waals surface area contributed by atoms with Crippen LogP contribution in [0.1, 0.15) is 26.7 Å². The minimum absolute atomic E-state index is 0.102. The molecule has 0 bridgehead atoms. The van der Waals surface area contributed by atoms with Gasteiger partial charge in [-0.1, -0.05) is 13.8 Å². The van der Waals surface area contributed by atoms with Gasteiger partial charge in [-0.3, -0.25) is 10.0 Å². The molecule has 0 aliphatic rings. The van der Waals surface area contributed by atoms with E-state index in [0.717, 1.165) is 0 Å². The fraction of sp³-hybridized carbons (Fsp3) is 0.700. The quantitative estimate of drug-likeness (QED) is 0.287. The van der Waals surface area contributed by atoms with Gasteiger partial charge in [0.25, 0.3) is 0 Å². The van der Waals surface area contributed by atoms with Gasteiger partial charge < -0.3 is 15.9 Å². The van der Waals surface area contributed by atoms with Crippen LogP contribution in [-0.2, 0) is 14.4 Å². The summed E-state index contributed by atoms with van der Waals surface area (Å²) in [6, 6.07) is -1.62. The van der Waals surface area contributed by atoms with E-state index >= 15 is 0 Å². The van der Waals surface area contributed by atoms with Crippen LogP contribution in [0.5, 0.6) is 0 Å². The molecule has 0 fully saturated rings. The van der Waals surface area contributed by atoms with Crippen molar-refractivity contribution in [1.29, 1.82) is 0 Å². The van der Waals surface area contributed by atoms with Crippen molar-refractivity contribution in [3.8, 4) is 0 Å². The fourth-order valence-electron chi connectivity index (χ4n) is 1.53. The van der Waals surface area contributed by atoms with Gasteiger partial charge in [-0.2, -0.15) is 0 Å². The van der Waals surface area contributed by atoms with Crippen LogP contribution >= 0.6 is 0 Å². The molecule has 0 unspecified atom stereocenters. The zero-order chi connectivity index (χ0) is 14.5. The lowest BCUT2D eigenvalue weighted by atomic mass is 9.82. The Bertz CT molecular complexity index is 341. The van der Waals surface area contributed by atoms with Gasteiger partial charge in [0.05, 0.1) is 0 Å². The SMILES string of the molecule is CC(C)(CCN)C[C@@H](C(=O)O)N(O)C(=O)C(=O)O. The lowest BCUT2D eigenvalue weighted by Gasteiger charge is -2.30. The average molecular weight is 262 g/mol. The number of nitrogens with zero attached hydrogens (tertiary/aromatic N) is 1. The normalized spacial score (nSPS) is 12.9. The number of carbonyl (C=O) groups is 3. The molecule has 0 radical (unpaired) electrons. The second-order valence-corrected chi connectivity index (χ2v) is 4.72. The Morgan fingerprint density at radius 1 is 1.28 bits per heavy atom. The Balaban J connectivity index is 4.93. The maximum Gasteiger partial charge on any atom is 0.396 e. The Morgan fingerprint density at radius 3 is 2.11 bits per heavy atom. The predicted octanol–water partition coefficient (Wildman–Crippen LogP) is -0.493. The van der Waals surface area contributed by atoms with Crippen LogP contribution in [0, 0.1) is 5.41 Å². The zero-order valence-corrected chi connectivity index (χ0v) is 10.3. The number of hydrogen-bond acceptors (Lipinski definition) is 5. The molecular weight excluding hydrogens is 244 g/mol. The van der Waals surface area contributed by atoms with Gasteiger partial charge in [0.15, 0.2) is 6.04 Å². The van der Waals surface area contributed by atoms with Gasteiger partial charge in [0, 0.05) is 0 Å². The highest BCUT2D eigenvalue weighted by Gasteiger charge is 2.36. The van der Waals surface area contributed by atoms with E-state index in [1.165, 1.54) is 0 Å². The van der Waals surface area contributed by atoms with Crippen LogP contribution < -0.4 is 5.73 Å². The molecule has 0 saturated carbocycles. The lowest BCUT2D eigenvalue weighted by molar-refractivity contribution is -0.193. The molecule has 0 spiro atoms. The van der Waals surface area contributed by atoms with Crippen molar-refractivity contribution < 1.29 is 29.8 Å². The molecule has 0 aromatic rings. The van der Waals surface area contributed by atoms with E-state index < -0.39 is 29.3 Å². The van der Waals surface area contributed by atoms with Crippen LogP contribution in [0.25, 0.3) is 0 Å². The first-order valence-electron chi connectivity index (χ1n) is 5.30. The monoisotopic (exact) mass is 262 g/mol. The second-order valence-electron chi connectivity index (χ2n) is 4.72. The highest BCUT2D eigenvalue weighted by atomic mass is 16.5. The summed E-state index contributed by atoms with van der Waals surface area (Å²) in [6.45, 7) is 3.75. The van der Waals surface area contributed by atoms with Crippen LogP contribution in [0.3, 0.4) is 0 Å². The number of carboxylic acid groups (broad SMARTS) is 2. The smallest absolute Gasteiger partial charge is 0.396 e. The molecular formula is C10H18N2O6. The minimum atomic E-state index is -1.92. The first-order chi connectivity index (χ1) is 8.12. The molecule has 5 N–H and O–H groups in total. The number of aliphatic carboxylic acids is 2. The van der Waals surface area contributed by atoms with Crippen molar-refractivity contribution in [3.63, 3.8) is 0 Å². The van der Waals surface area contributed by atoms with E-state index in [1.54, 1.807) is 13.8 Å². The lowest BCUT2D eigenvalue weighted by Crippen LogP contribution is -2.47. The van der Waals surface area contributed by atoms with Crippen molar-refractivity contribution in [1.82, 2.24) is 5.06 Å². The molecule has 1 amide bonds. The third-order valence-electron chi connectivity index (χ3n) is 2.54. The number of carbonyl (C=O) groups excluding carboxylic acids is 1. The van der Waals surface area contributed by atoms with Gasteiger partial charge in [-0.15, -0.1) is 0 Å². The Kier molecular flexibility index (Phi) is 5.73. The van der Waals surface area contributed by atoms with Crippen molar-refractivity contribution >= 4 is 17.8 Å². The summed E-state index contributed by atoms with van der Waals surface area (Å²) in [5.74, 6) is -5.07. The number of carboxylic acids is 2. The molecule has 0 aliphatic heterocycles. The molecule has 18 heavy (non-hydrogen) atoms. The first kappa shape index (κ1) is 16.3. The van der Waals surface area contributed by atoms with Crippen molar-refractivity contribution in [3.05, 3.63) is 0 Å². The summed E-state index contributed by atoms with van der Waals surface area (Å²) in [4.78, 5) is 32.4. The van der Waals surface area contributed by atoms with Gasteiger partial charge >= 0.3 is 17.8 Å². The number of hydroxylamine groups is 2. The maximum absolute atomic E-state index is 11.0. The number of hydrogen-bond donors (Lipinski definition) is 4. The number of rotatable bonds is 6. The van der Waals surface area contributed by atoms with Crippen LogP contribution in [-0.4, -0.2) is 50.9 Å². The molecule has 8 heteroatoms. The maximum atomic E-state index is 11.0. The van der Waals surface area contributed by atoms with Gasteiger partial charge in [0.2, 0.25) is 0 Å². The van der Waals surface area contributed by atoms with Gasteiger partial charge in [0.1, 0.15) is 0 Å². The fourth-order valence-corrected chi connectivity index (χ4v) is 1.53. The molecule has 8 nitrogen and oxygen atoms in total. The summed E-state index contributed by atoms with van der Waals surface area (Å²) in [7, 11) is 0. The summed E-state index contributed by atoms with van der Waals surface area (Å²) >= 11 is 0. The van der Waals surface area contributed by atoms with E-state index in [1.807, 2.05) is 0 Å². The first-order valence-corrected chi connectivity index (χ1v) is 5.30. The molecule has 104 valence electrons. The Labute approximate surface area is 104 Å². The molecule has 0 aromatic carbocycles. The standard InChI is InChI=1S/C10H18N2O6/c1-10(2,3-4-11)5-6(8(14)15)12(18)7(13)9(16)17/h6,18H,3-5,11H2,1-2H3,(H,14,15)(H,16,17)/t6-/m0/s1. The molecule has 0 aromatic heterocycles. The minimum Gasteiger partial charge on any atom is -0.480 e. The van der Waals surface area contributed by atoms with Crippen molar-refractivity contribution in [2.24, 2.45) is 11.1 Å². The zero-order valence-electron chi connectivity index (χ0n) is 10.3. The van der Waals surface area contributed by atoms with Gasteiger partial charge in [-0.25, -0.2) is 14.7 Å². The summed E-state index contributed by atoms with van der Waals surface area (Å²) < 4.78 is 0. The third-order valence-corrected chi connectivity index (χ3v) is 2.54. The van der Waals surface area contributed by atoms with Gasteiger partial charge in [-0.05, 0) is 24.8 Å². The molecule has 0 saturated heterocycles. The van der Waals surface area contributed by atoms with Crippen molar-refractivity contribution in [2.75, 3.05) is 6.54 Å². The van der Waals surface area contributed by atoms with E-state index in [2.05, 4.69) is 0 Å². The highest BCUT2D eigenvalue weighted by Crippen LogP contribution is 2.27. The summed E-state index contributed by atoms with van der Waals surface area (Å²) in [6.07, 6.45) is 0.376. The molecule has 1 atom stereocenters. The topological polar surface area (TPSA) is 141 Å². The van der Waals surface area contributed by atoms with E-state index in [0.29, 0.717) is 13.0 Å². The van der Waals surface area contributed by atoms with E-state index in [4.69, 9.17) is 15.9 Å². The van der Waals surface area contributed by atoms with Crippen LogP contribution in [0.4, 0.5) is 0 Å². The predicted molar refractivity (Wildman–Crippen MR) is 59.8 cm³/mol. The highest BCUT2D eigenvalue weighted by molar-refractivity contribution is 6.31.